The number of aliphatic imine (C=N–C) groups is 1. The number of thioether (sulfide) groups is 1. The molecule has 1 aliphatic heterocycles. The lowest BCUT2D eigenvalue weighted by molar-refractivity contribution is 0.102. The highest BCUT2D eigenvalue weighted by atomic mass is 32.2. The van der Waals surface area contributed by atoms with E-state index in [0.717, 1.165) is 35.6 Å². The third-order valence-corrected chi connectivity index (χ3v) is 7.67. The van der Waals surface area contributed by atoms with Crippen molar-refractivity contribution in [3.63, 3.8) is 0 Å². The minimum absolute atomic E-state index is 0.241. The summed E-state index contributed by atoms with van der Waals surface area (Å²) in [6, 6.07) is 8.12. The van der Waals surface area contributed by atoms with E-state index in [2.05, 4.69) is 15.3 Å². The molecule has 1 aliphatic carbocycles. The van der Waals surface area contributed by atoms with Gasteiger partial charge >= 0.3 is 0 Å². The number of pyridine rings is 1. The molecular weight excluding hydrogens is 433 g/mol. The van der Waals surface area contributed by atoms with Gasteiger partial charge in [0, 0.05) is 40.3 Å². The molecule has 5 rings (SSSR count). The number of nitrogens with one attached hydrogen (secondary N) is 1. The van der Waals surface area contributed by atoms with Gasteiger partial charge in [0.15, 0.2) is 5.17 Å². The standard InChI is InChI=1S/C22H20FN5OS2/c23-17-5-4-15(10-16(17)22-7-1-2-14(22)12-31-21(24)28-22)27-19(29)18-6-3-13(11-26-18)20-25-8-9-30-20/h3-6,8-11,14H,1-2,7,12H2,(H2,24,28)(H,27,29)/t14-,22-/m0/s1. The average molecular weight is 454 g/mol. The summed E-state index contributed by atoms with van der Waals surface area (Å²) in [5, 5.41) is 6.07. The van der Waals surface area contributed by atoms with Crippen LogP contribution in [-0.4, -0.2) is 26.8 Å². The van der Waals surface area contributed by atoms with E-state index in [9.17, 15) is 9.18 Å². The number of halogens is 1. The average Bonchev–Trinajstić information content (AvgIpc) is 3.45. The van der Waals surface area contributed by atoms with E-state index in [0.29, 0.717) is 16.4 Å². The minimum Gasteiger partial charge on any atom is -0.379 e. The number of thiazole rings is 1. The van der Waals surface area contributed by atoms with Gasteiger partial charge in [0.1, 0.15) is 16.5 Å². The Morgan fingerprint density at radius 3 is 2.94 bits per heavy atom. The van der Waals surface area contributed by atoms with Gasteiger partial charge in [-0.2, -0.15) is 0 Å². The predicted octanol–water partition coefficient (Wildman–Crippen LogP) is 4.65. The van der Waals surface area contributed by atoms with Crippen LogP contribution in [0.15, 0.2) is 53.1 Å². The molecule has 0 radical (unpaired) electrons. The highest BCUT2D eigenvalue weighted by Crippen LogP contribution is 2.51. The second-order valence-corrected chi connectivity index (χ2v) is 9.63. The molecule has 3 heterocycles. The van der Waals surface area contributed by atoms with E-state index in [1.54, 1.807) is 30.6 Å². The number of amides is 1. The molecule has 31 heavy (non-hydrogen) atoms. The third-order valence-electron chi connectivity index (χ3n) is 5.89. The number of benzene rings is 1. The lowest BCUT2D eigenvalue weighted by atomic mass is 9.81. The second kappa shape index (κ2) is 8.05. The molecule has 3 N–H and O–H groups in total. The molecule has 1 amide bonds. The molecule has 1 saturated carbocycles. The first-order valence-corrected chi connectivity index (χ1v) is 11.9. The number of aromatic nitrogens is 2. The van der Waals surface area contributed by atoms with Gasteiger partial charge in [-0.1, -0.05) is 18.2 Å². The van der Waals surface area contributed by atoms with Crippen LogP contribution >= 0.6 is 23.1 Å². The van der Waals surface area contributed by atoms with E-state index in [-0.39, 0.29) is 23.3 Å². The molecule has 0 bridgehead atoms. The zero-order valence-electron chi connectivity index (χ0n) is 16.5. The fraction of sp³-hybridized carbons (Fsp3) is 0.273. The van der Waals surface area contributed by atoms with E-state index >= 15 is 0 Å². The van der Waals surface area contributed by atoms with Gasteiger partial charge in [0.05, 0.1) is 5.54 Å². The molecule has 1 aromatic carbocycles. The first-order valence-electron chi connectivity index (χ1n) is 10.0. The zero-order chi connectivity index (χ0) is 21.4. The maximum atomic E-state index is 14.9. The number of hydrogen-bond acceptors (Lipinski definition) is 7. The Kier molecular flexibility index (Phi) is 5.23. The van der Waals surface area contributed by atoms with Crippen LogP contribution < -0.4 is 11.1 Å². The number of nitrogens with two attached hydrogens (primary N) is 1. The van der Waals surface area contributed by atoms with E-state index in [4.69, 9.17) is 10.7 Å². The number of fused-ring (bicyclic) bond motifs is 1. The number of anilines is 1. The lowest BCUT2D eigenvalue weighted by Crippen LogP contribution is -2.37. The third kappa shape index (κ3) is 3.72. The van der Waals surface area contributed by atoms with E-state index in [1.807, 2.05) is 11.4 Å². The van der Waals surface area contributed by atoms with Crippen molar-refractivity contribution in [1.29, 1.82) is 0 Å². The van der Waals surface area contributed by atoms with Crippen LogP contribution in [0.2, 0.25) is 0 Å². The van der Waals surface area contributed by atoms with Crippen molar-refractivity contribution >= 4 is 39.9 Å². The maximum absolute atomic E-state index is 14.9. The zero-order valence-corrected chi connectivity index (χ0v) is 18.2. The second-order valence-electron chi connectivity index (χ2n) is 7.69. The monoisotopic (exact) mass is 453 g/mol. The molecule has 0 unspecified atom stereocenters. The van der Waals surface area contributed by atoms with Gasteiger partial charge in [0.2, 0.25) is 0 Å². The number of amidine groups is 1. The number of hydrogen-bond donors (Lipinski definition) is 2. The Morgan fingerprint density at radius 2 is 2.16 bits per heavy atom. The van der Waals surface area contributed by atoms with Gasteiger partial charge in [-0.3, -0.25) is 14.8 Å². The molecule has 2 aliphatic rings. The Bertz CT molecular complexity index is 1150. The Morgan fingerprint density at radius 1 is 1.26 bits per heavy atom. The van der Waals surface area contributed by atoms with Gasteiger partial charge in [-0.05, 0) is 49.1 Å². The quantitative estimate of drug-likeness (QED) is 0.600. The Balaban J connectivity index is 1.41. The van der Waals surface area contributed by atoms with Crippen molar-refractivity contribution < 1.29 is 9.18 Å². The van der Waals surface area contributed by atoms with Crippen LogP contribution in [0.25, 0.3) is 10.6 Å². The highest BCUT2D eigenvalue weighted by Gasteiger charge is 2.48. The van der Waals surface area contributed by atoms with Crippen LogP contribution in [0.1, 0.15) is 35.3 Å². The molecule has 2 aromatic heterocycles. The molecule has 9 heteroatoms. The topological polar surface area (TPSA) is 93.3 Å². The first kappa shape index (κ1) is 20.1. The van der Waals surface area contributed by atoms with Crippen LogP contribution in [0, 0.1) is 11.7 Å². The summed E-state index contributed by atoms with van der Waals surface area (Å²) in [4.78, 5) is 25.9. The minimum atomic E-state index is -0.645. The molecule has 158 valence electrons. The SMILES string of the molecule is NC1=N[C@@]2(c3cc(NC(=O)c4ccc(-c5nccs5)cn4)ccc3F)CCC[C@H]2CS1. The van der Waals surface area contributed by atoms with Crippen LogP contribution in [0.5, 0.6) is 0 Å². The number of rotatable bonds is 4. The fourth-order valence-electron chi connectivity index (χ4n) is 4.41. The summed E-state index contributed by atoms with van der Waals surface area (Å²) >= 11 is 3.04. The molecule has 2 atom stereocenters. The highest BCUT2D eigenvalue weighted by molar-refractivity contribution is 8.13. The van der Waals surface area contributed by atoms with Crippen molar-refractivity contribution in [2.45, 2.75) is 24.8 Å². The van der Waals surface area contributed by atoms with Crippen molar-refractivity contribution in [1.82, 2.24) is 9.97 Å². The summed E-state index contributed by atoms with van der Waals surface area (Å²) in [5.74, 6) is 0.399. The molecule has 0 saturated heterocycles. The van der Waals surface area contributed by atoms with Crippen molar-refractivity contribution in [2.75, 3.05) is 11.1 Å². The smallest absolute Gasteiger partial charge is 0.274 e. The van der Waals surface area contributed by atoms with Crippen molar-refractivity contribution in [3.8, 4) is 10.6 Å². The Hall–Kier alpha value is -2.78. The van der Waals surface area contributed by atoms with Crippen LogP contribution in [-0.2, 0) is 5.54 Å². The predicted molar refractivity (Wildman–Crippen MR) is 123 cm³/mol. The van der Waals surface area contributed by atoms with Gasteiger partial charge in [-0.15, -0.1) is 11.3 Å². The normalized spacial score (nSPS) is 22.6. The molecule has 6 nitrogen and oxygen atoms in total. The van der Waals surface area contributed by atoms with Gasteiger partial charge < -0.3 is 11.1 Å². The van der Waals surface area contributed by atoms with Gasteiger partial charge in [0.25, 0.3) is 5.91 Å². The molecule has 1 fully saturated rings. The first-order chi connectivity index (χ1) is 15.0. The Labute approximate surface area is 187 Å². The van der Waals surface area contributed by atoms with Crippen LogP contribution in [0.4, 0.5) is 10.1 Å². The number of carbonyl (C=O) groups is 1. The summed E-state index contributed by atoms with van der Waals surface area (Å²) in [5.41, 5.74) is 7.52. The van der Waals surface area contributed by atoms with Gasteiger partial charge in [-0.25, -0.2) is 9.37 Å². The summed E-state index contributed by atoms with van der Waals surface area (Å²) in [6.07, 6.45) is 6.09. The fourth-order valence-corrected chi connectivity index (χ4v) is 6.08. The summed E-state index contributed by atoms with van der Waals surface area (Å²) in [7, 11) is 0. The number of nitrogens with zero attached hydrogens (tertiary/aromatic N) is 3. The molecular formula is C22H20FN5OS2. The largest absolute Gasteiger partial charge is 0.379 e. The molecule has 0 spiro atoms. The van der Waals surface area contributed by atoms with E-state index in [1.165, 1.54) is 29.2 Å². The summed E-state index contributed by atoms with van der Waals surface area (Å²) < 4.78 is 14.9. The van der Waals surface area contributed by atoms with Crippen LogP contribution in [0.3, 0.4) is 0 Å². The van der Waals surface area contributed by atoms with Crippen molar-refractivity contribution in [3.05, 3.63) is 65.2 Å². The maximum Gasteiger partial charge on any atom is 0.274 e. The molecule has 3 aromatic rings. The summed E-state index contributed by atoms with van der Waals surface area (Å²) in [6.45, 7) is 0. The van der Waals surface area contributed by atoms with Crippen molar-refractivity contribution in [2.24, 2.45) is 16.6 Å². The van der Waals surface area contributed by atoms with E-state index < -0.39 is 5.54 Å². The lowest BCUT2D eigenvalue weighted by Gasteiger charge is -2.36. The number of carbonyl (C=O) groups excluding carboxylic acids is 1.